The summed E-state index contributed by atoms with van der Waals surface area (Å²) in [5.41, 5.74) is 0.802. The third-order valence-corrected chi connectivity index (χ3v) is 2.42. The molecule has 5 heteroatoms. The lowest BCUT2D eigenvalue weighted by Gasteiger charge is -2.29. The summed E-state index contributed by atoms with van der Waals surface area (Å²) in [4.78, 5) is 12.5. The van der Waals surface area contributed by atoms with E-state index in [4.69, 9.17) is 9.84 Å². The summed E-state index contributed by atoms with van der Waals surface area (Å²) in [6.45, 7) is 2.88. The minimum absolute atomic E-state index is 0.569. The van der Waals surface area contributed by atoms with Crippen molar-refractivity contribution in [2.24, 2.45) is 0 Å². The van der Waals surface area contributed by atoms with Crippen molar-refractivity contribution in [1.29, 1.82) is 0 Å². The standard InChI is InChI=1S/C8H12BrNO3/c9-6-7(5-8(11)12)10-1-3-13-4-2-10/h5H,1-4,6H2,(H,11,12). The monoisotopic (exact) mass is 249 g/mol. The summed E-state index contributed by atoms with van der Waals surface area (Å²) >= 11 is 3.27. The predicted molar refractivity (Wildman–Crippen MR) is 51.9 cm³/mol. The van der Waals surface area contributed by atoms with Crippen molar-refractivity contribution in [2.75, 3.05) is 31.6 Å². The van der Waals surface area contributed by atoms with E-state index in [0.29, 0.717) is 18.5 Å². The van der Waals surface area contributed by atoms with Crippen LogP contribution in [0.2, 0.25) is 0 Å². The Hall–Kier alpha value is -0.550. The molecule has 0 radical (unpaired) electrons. The van der Waals surface area contributed by atoms with E-state index in [-0.39, 0.29) is 0 Å². The number of halogens is 1. The van der Waals surface area contributed by atoms with Gasteiger partial charge in [0, 0.05) is 30.2 Å². The average Bonchev–Trinajstić information content (AvgIpc) is 2.15. The second-order valence-electron chi connectivity index (χ2n) is 2.71. The van der Waals surface area contributed by atoms with Crippen molar-refractivity contribution < 1.29 is 14.6 Å². The van der Waals surface area contributed by atoms with Crippen molar-refractivity contribution in [2.45, 2.75) is 0 Å². The van der Waals surface area contributed by atoms with Crippen LogP contribution in [0.25, 0.3) is 0 Å². The predicted octanol–water partition coefficient (Wildman–Crippen LogP) is 0.682. The Morgan fingerprint density at radius 2 is 2.15 bits per heavy atom. The smallest absolute Gasteiger partial charge is 0.330 e. The highest BCUT2D eigenvalue weighted by molar-refractivity contribution is 9.09. The van der Waals surface area contributed by atoms with Gasteiger partial charge in [0.2, 0.25) is 0 Å². The van der Waals surface area contributed by atoms with Crippen molar-refractivity contribution in [3.8, 4) is 0 Å². The van der Waals surface area contributed by atoms with Gasteiger partial charge in [0.15, 0.2) is 0 Å². The fraction of sp³-hybridized carbons (Fsp3) is 0.625. The van der Waals surface area contributed by atoms with E-state index in [1.807, 2.05) is 4.90 Å². The van der Waals surface area contributed by atoms with E-state index in [1.54, 1.807) is 0 Å². The molecule has 13 heavy (non-hydrogen) atoms. The summed E-state index contributed by atoms with van der Waals surface area (Å²) < 4.78 is 5.17. The number of carboxylic acid groups (broad SMARTS) is 1. The van der Waals surface area contributed by atoms with E-state index < -0.39 is 5.97 Å². The molecule has 0 aliphatic carbocycles. The minimum Gasteiger partial charge on any atom is -0.478 e. The molecule has 0 amide bonds. The number of aliphatic carboxylic acids is 1. The molecule has 0 saturated carbocycles. The van der Waals surface area contributed by atoms with Crippen LogP contribution in [-0.4, -0.2) is 47.6 Å². The molecule has 0 spiro atoms. The van der Waals surface area contributed by atoms with Crippen molar-refractivity contribution in [1.82, 2.24) is 4.90 Å². The van der Waals surface area contributed by atoms with Gasteiger partial charge in [-0.2, -0.15) is 0 Å². The Morgan fingerprint density at radius 1 is 1.54 bits per heavy atom. The maximum absolute atomic E-state index is 10.5. The largest absolute Gasteiger partial charge is 0.478 e. The summed E-state index contributed by atoms with van der Waals surface area (Å²) in [5.74, 6) is -0.902. The van der Waals surface area contributed by atoms with E-state index in [0.717, 1.165) is 18.8 Å². The number of hydrogen-bond acceptors (Lipinski definition) is 3. The van der Waals surface area contributed by atoms with E-state index >= 15 is 0 Å². The molecule has 1 saturated heterocycles. The van der Waals surface area contributed by atoms with Crippen molar-refractivity contribution >= 4 is 21.9 Å². The lowest BCUT2D eigenvalue weighted by atomic mass is 10.3. The van der Waals surface area contributed by atoms with Gasteiger partial charge in [0.05, 0.1) is 13.2 Å². The molecule has 0 atom stereocenters. The average molecular weight is 250 g/mol. The molecular weight excluding hydrogens is 238 g/mol. The zero-order valence-electron chi connectivity index (χ0n) is 7.20. The molecule has 0 aromatic heterocycles. The number of alkyl halides is 1. The molecule has 0 aromatic rings. The fourth-order valence-corrected chi connectivity index (χ4v) is 1.72. The molecule has 0 bridgehead atoms. The molecule has 1 aliphatic heterocycles. The molecule has 1 rings (SSSR count). The number of hydrogen-bond donors (Lipinski definition) is 1. The quantitative estimate of drug-likeness (QED) is 0.591. The first-order valence-electron chi connectivity index (χ1n) is 4.06. The van der Waals surface area contributed by atoms with Gasteiger partial charge in [-0.05, 0) is 0 Å². The molecule has 0 aromatic carbocycles. The maximum Gasteiger partial charge on any atom is 0.330 e. The number of carboxylic acids is 1. The van der Waals surface area contributed by atoms with Crippen LogP contribution >= 0.6 is 15.9 Å². The molecular formula is C8H12BrNO3. The van der Waals surface area contributed by atoms with Crippen LogP contribution in [0.1, 0.15) is 0 Å². The zero-order chi connectivity index (χ0) is 9.68. The van der Waals surface area contributed by atoms with Crippen LogP contribution in [-0.2, 0) is 9.53 Å². The van der Waals surface area contributed by atoms with Crippen LogP contribution in [0, 0.1) is 0 Å². The first-order chi connectivity index (χ1) is 6.24. The van der Waals surface area contributed by atoms with Crippen LogP contribution in [0.5, 0.6) is 0 Å². The molecule has 0 unspecified atom stereocenters. The first kappa shape index (κ1) is 10.5. The summed E-state index contributed by atoms with van der Waals surface area (Å²) in [6, 6.07) is 0. The SMILES string of the molecule is O=C(O)C=C(CBr)N1CCOCC1. The Morgan fingerprint density at radius 3 is 2.62 bits per heavy atom. The van der Waals surface area contributed by atoms with Crippen molar-refractivity contribution in [3.05, 3.63) is 11.8 Å². The molecule has 1 heterocycles. The van der Waals surface area contributed by atoms with Crippen molar-refractivity contribution in [3.63, 3.8) is 0 Å². The second-order valence-corrected chi connectivity index (χ2v) is 3.27. The van der Waals surface area contributed by atoms with Crippen LogP contribution in [0.4, 0.5) is 0 Å². The van der Waals surface area contributed by atoms with E-state index in [1.165, 1.54) is 6.08 Å². The molecule has 1 N–H and O–H groups in total. The number of nitrogens with zero attached hydrogens (tertiary/aromatic N) is 1. The Bertz CT molecular complexity index is 211. The number of allylic oxidation sites excluding steroid dienone is 1. The third-order valence-electron chi connectivity index (χ3n) is 1.84. The summed E-state index contributed by atoms with van der Waals surface area (Å²) in [7, 11) is 0. The summed E-state index contributed by atoms with van der Waals surface area (Å²) in [5, 5.41) is 9.16. The Kier molecular flexibility index (Phi) is 4.24. The summed E-state index contributed by atoms with van der Waals surface area (Å²) in [6.07, 6.45) is 1.24. The number of rotatable bonds is 3. The highest BCUT2D eigenvalue weighted by Gasteiger charge is 2.13. The zero-order valence-corrected chi connectivity index (χ0v) is 8.79. The van der Waals surface area contributed by atoms with E-state index in [9.17, 15) is 4.79 Å². The van der Waals surface area contributed by atoms with Gasteiger partial charge >= 0.3 is 5.97 Å². The number of morpholine rings is 1. The Labute approximate surface area is 85.3 Å². The number of carbonyl (C=O) groups is 1. The van der Waals surface area contributed by atoms with Gasteiger partial charge in [0.25, 0.3) is 0 Å². The second kappa shape index (κ2) is 5.24. The van der Waals surface area contributed by atoms with Crippen LogP contribution < -0.4 is 0 Å². The lowest BCUT2D eigenvalue weighted by Crippen LogP contribution is -2.36. The van der Waals surface area contributed by atoms with E-state index in [2.05, 4.69) is 15.9 Å². The van der Waals surface area contributed by atoms with Crippen LogP contribution in [0.3, 0.4) is 0 Å². The molecule has 1 fully saturated rings. The highest BCUT2D eigenvalue weighted by atomic mass is 79.9. The van der Waals surface area contributed by atoms with Gasteiger partial charge in [-0.1, -0.05) is 15.9 Å². The van der Waals surface area contributed by atoms with Gasteiger partial charge in [-0.15, -0.1) is 0 Å². The molecule has 74 valence electrons. The van der Waals surface area contributed by atoms with Crippen LogP contribution in [0.15, 0.2) is 11.8 Å². The molecule has 1 aliphatic rings. The fourth-order valence-electron chi connectivity index (χ4n) is 1.21. The normalized spacial score (nSPS) is 18.8. The van der Waals surface area contributed by atoms with Gasteiger partial charge in [-0.3, -0.25) is 0 Å². The third kappa shape index (κ3) is 3.36. The first-order valence-corrected chi connectivity index (χ1v) is 5.18. The highest BCUT2D eigenvalue weighted by Crippen LogP contribution is 2.10. The molecule has 4 nitrogen and oxygen atoms in total. The van der Waals surface area contributed by atoms with Gasteiger partial charge < -0.3 is 14.7 Å². The lowest BCUT2D eigenvalue weighted by molar-refractivity contribution is -0.131. The number of ether oxygens (including phenoxy) is 1. The van der Waals surface area contributed by atoms with Gasteiger partial charge in [0.1, 0.15) is 0 Å². The Balaban J connectivity index is 2.58. The maximum atomic E-state index is 10.5. The minimum atomic E-state index is -0.902. The topological polar surface area (TPSA) is 49.8 Å². The van der Waals surface area contributed by atoms with Gasteiger partial charge in [-0.25, -0.2) is 4.79 Å².